The van der Waals surface area contributed by atoms with E-state index >= 15 is 0 Å². The fourth-order valence-electron chi connectivity index (χ4n) is 3.73. The molecule has 1 N–H and O–H groups in total. The highest BCUT2D eigenvalue weighted by Crippen LogP contribution is 2.32. The van der Waals surface area contributed by atoms with Crippen LogP contribution >= 0.6 is 0 Å². The molecular weight excluding hydrogens is 366 g/mol. The molecule has 4 rings (SSSR count). The van der Waals surface area contributed by atoms with Crippen LogP contribution in [-0.4, -0.2) is 33.3 Å². The van der Waals surface area contributed by atoms with Crippen molar-refractivity contribution in [2.24, 2.45) is 0 Å². The average molecular weight is 386 g/mol. The molecule has 146 valence electrons. The summed E-state index contributed by atoms with van der Waals surface area (Å²) >= 11 is 0. The van der Waals surface area contributed by atoms with Gasteiger partial charge >= 0.3 is 0 Å². The molecule has 0 spiro atoms. The number of aromatic amines is 1. The van der Waals surface area contributed by atoms with Gasteiger partial charge in [0.2, 0.25) is 0 Å². The summed E-state index contributed by atoms with van der Waals surface area (Å²) in [6, 6.07) is 7.25. The lowest BCUT2D eigenvalue weighted by Gasteiger charge is -2.32. The van der Waals surface area contributed by atoms with Gasteiger partial charge in [-0.1, -0.05) is 11.2 Å². The third-order valence-corrected chi connectivity index (χ3v) is 5.01. The smallest absolute Gasteiger partial charge is 0.264 e. The van der Waals surface area contributed by atoms with Crippen molar-refractivity contribution >= 4 is 0 Å². The van der Waals surface area contributed by atoms with Gasteiger partial charge in [0.15, 0.2) is 17.4 Å². The molecular formula is C20H20F2N4O2. The van der Waals surface area contributed by atoms with Crippen LogP contribution in [0.3, 0.4) is 0 Å². The summed E-state index contributed by atoms with van der Waals surface area (Å²) in [6.07, 6.45) is 1.84. The number of hydrogen-bond donors (Lipinski definition) is 1. The Kier molecular flexibility index (Phi) is 5.04. The molecule has 1 aliphatic heterocycles. The third kappa shape index (κ3) is 3.87. The molecule has 0 radical (unpaired) electrons. The minimum Gasteiger partial charge on any atom is -0.356 e. The molecule has 1 fully saturated rings. The summed E-state index contributed by atoms with van der Waals surface area (Å²) in [6.45, 7) is 3.89. The molecule has 0 bridgehead atoms. The second-order valence-electron chi connectivity index (χ2n) is 7.19. The van der Waals surface area contributed by atoms with Crippen molar-refractivity contribution in [2.45, 2.75) is 32.2 Å². The average Bonchev–Trinajstić information content (AvgIpc) is 3.11. The van der Waals surface area contributed by atoms with Gasteiger partial charge in [-0.3, -0.25) is 9.69 Å². The van der Waals surface area contributed by atoms with E-state index in [-0.39, 0.29) is 11.5 Å². The number of H-pyrrole nitrogens is 1. The summed E-state index contributed by atoms with van der Waals surface area (Å²) in [7, 11) is 0. The number of nitrogens with one attached hydrogen (secondary N) is 1. The summed E-state index contributed by atoms with van der Waals surface area (Å²) in [5.74, 6) is -1.08. The maximum absolute atomic E-state index is 13.5. The highest BCUT2D eigenvalue weighted by atomic mass is 19.2. The zero-order valence-electron chi connectivity index (χ0n) is 15.4. The van der Waals surface area contributed by atoms with Crippen molar-refractivity contribution in [1.82, 2.24) is 20.3 Å². The van der Waals surface area contributed by atoms with Gasteiger partial charge < -0.3 is 4.52 Å². The molecule has 6 nitrogen and oxygen atoms in total. The minimum absolute atomic E-state index is 0.0799. The number of aromatic nitrogens is 3. The van der Waals surface area contributed by atoms with Crippen LogP contribution in [0.1, 0.15) is 35.7 Å². The lowest BCUT2D eigenvalue weighted by atomic mass is 9.91. The number of benzene rings is 1. The van der Waals surface area contributed by atoms with E-state index in [4.69, 9.17) is 4.52 Å². The molecule has 2 aromatic heterocycles. The topological polar surface area (TPSA) is 75.0 Å². The Balaban J connectivity index is 1.58. The van der Waals surface area contributed by atoms with E-state index in [1.807, 2.05) is 6.92 Å². The highest BCUT2D eigenvalue weighted by Gasteiger charge is 2.26. The Morgan fingerprint density at radius 3 is 2.86 bits per heavy atom. The first-order valence-electron chi connectivity index (χ1n) is 9.19. The van der Waals surface area contributed by atoms with E-state index < -0.39 is 11.6 Å². The second kappa shape index (κ2) is 7.63. The number of nitrogens with zero attached hydrogens (tertiary/aromatic N) is 3. The lowest BCUT2D eigenvalue weighted by Crippen LogP contribution is -2.34. The van der Waals surface area contributed by atoms with Crippen LogP contribution in [-0.2, 0) is 6.54 Å². The van der Waals surface area contributed by atoms with Crippen molar-refractivity contribution in [2.75, 3.05) is 13.1 Å². The molecule has 0 saturated carbocycles. The summed E-state index contributed by atoms with van der Waals surface area (Å²) < 4.78 is 32.0. The van der Waals surface area contributed by atoms with E-state index in [0.29, 0.717) is 24.4 Å². The number of rotatable bonds is 4. The van der Waals surface area contributed by atoms with Crippen molar-refractivity contribution in [3.8, 4) is 11.3 Å². The van der Waals surface area contributed by atoms with E-state index in [9.17, 15) is 13.6 Å². The maximum Gasteiger partial charge on any atom is 0.264 e. The molecule has 1 saturated heterocycles. The van der Waals surface area contributed by atoms with Crippen LogP contribution in [0.2, 0.25) is 0 Å². The summed E-state index contributed by atoms with van der Waals surface area (Å²) in [4.78, 5) is 14.0. The molecule has 0 amide bonds. The summed E-state index contributed by atoms with van der Waals surface area (Å²) in [5.41, 5.74) is 2.54. The third-order valence-electron chi connectivity index (χ3n) is 5.01. The number of halogens is 2. The quantitative estimate of drug-likeness (QED) is 0.744. The second-order valence-corrected chi connectivity index (χ2v) is 7.19. The van der Waals surface area contributed by atoms with Crippen molar-refractivity contribution in [3.05, 3.63) is 69.3 Å². The van der Waals surface area contributed by atoms with Gasteiger partial charge in [0.25, 0.3) is 5.56 Å². The van der Waals surface area contributed by atoms with Gasteiger partial charge in [-0.2, -0.15) is 5.10 Å². The Morgan fingerprint density at radius 2 is 2.11 bits per heavy atom. The maximum atomic E-state index is 13.5. The molecule has 1 aliphatic rings. The predicted molar refractivity (Wildman–Crippen MR) is 98.7 cm³/mol. The highest BCUT2D eigenvalue weighted by molar-refractivity contribution is 5.60. The van der Waals surface area contributed by atoms with Gasteiger partial charge in [0.05, 0.1) is 11.4 Å². The van der Waals surface area contributed by atoms with Gasteiger partial charge in [0.1, 0.15) is 0 Å². The minimum atomic E-state index is -0.843. The van der Waals surface area contributed by atoms with Crippen molar-refractivity contribution < 1.29 is 13.3 Å². The summed E-state index contributed by atoms with van der Waals surface area (Å²) in [5, 5.41) is 10.7. The van der Waals surface area contributed by atoms with Gasteiger partial charge in [-0.15, -0.1) is 0 Å². The first-order valence-corrected chi connectivity index (χ1v) is 9.19. The van der Waals surface area contributed by atoms with Crippen LogP contribution in [0.25, 0.3) is 11.3 Å². The fraction of sp³-hybridized carbons (Fsp3) is 0.350. The largest absolute Gasteiger partial charge is 0.356 e. The van der Waals surface area contributed by atoms with Gasteiger partial charge in [0, 0.05) is 36.7 Å². The lowest BCUT2D eigenvalue weighted by molar-refractivity contribution is 0.198. The van der Waals surface area contributed by atoms with Crippen LogP contribution < -0.4 is 5.56 Å². The standard InChI is InChI=1S/C20H20F2N4O2/c1-12-7-18(28-25-12)15-9-19(27)23-24-20(15)14-3-2-6-26(11-14)10-13-4-5-16(21)17(22)8-13/h4-5,7-9,14H,2-3,6,10-11H2,1H3,(H,23,27)/t14-/m0/s1. The van der Waals surface area contributed by atoms with E-state index in [1.165, 1.54) is 12.1 Å². The number of piperidine rings is 1. The van der Waals surface area contributed by atoms with E-state index in [0.717, 1.165) is 42.4 Å². The molecule has 1 aromatic carbocycles. The van der Waals surface area contributed by atoms with Crippen LogP contribution in [0.4, 0.5) is 8.78 Å². The Labute approximate surface area is 160 Å². The first kappa shape index (κ1) is 18.5. The molecule has 0 aliphatic carbocycles. The zero-order valence-corrected chi connectivity index (χ0v) is 15.4. The van der Waals surface area contributed by atoms with Crippen LogP contribution in [0, 0.1) is 18.6 Å². The van der Waals surface area contributed by atoms with Crippen molar-refractivity contribution in [3.63, 3.8) is 0 Å². The predicted octanol–water partition coefficient (Wildman–Crippen LogP) is 3.39. The zero-order chi connectivity index (χ0) is 19.7. The Hall–Kier alpha value is -2.87. The SMILES string of the molecule is Cc1cc(-c2cc(=O)[nH]nc2[C@H]2CCCN(Cc3ccc(F)c(F)c3)C2)on1. The fourth-order valence-corrected chi connectivity index (χ4v) is 3.73. The monoisotopic (exact) mass is 386 g/mol. The number of likely N-dealkylation sites (tertiary alicyclic amines) is 1. The van der Waals surface area contributed by atoms with E-state index in [2.05, 4.69) is 20.3 Å². The molecule has 3 heterocycles. The molecule has 3 aromatic rings. The van der Waals surface area contributed by atoms with Crippen molar-refractivity contribution in [1.29, 1.82) is 0 Å². The molecule has 28 heavy (non-hydrogen) atoms. The van der Waals surface area contributed by atoms with Crippen LogP contribution in [0.15, 0.2) is 39.6 Å². The Bertz CT molecular complexity index is 1050. The van der Waals surface area contributed by atoms with Gasteiger partial charge in [-0.05, 0) is 44.0 Å². The normalized spacial score (nSPS) is 17.8. The molecule has 1 atom stereocenters. The van der Waals surface area contributed by atoms with Gasteiger partial charge in [-0.25, -0.2) is 13.9 Å². The van der Waals surface area contributed by atoms with Crippen LogP contribution in [0.5, 0.6) is 0 Å². The number of hydrogen-bond acceptors (Lipinski definition) is 5. The number of aryl methyl sites for hydroxylation is 1. The first-order chi connectivity index (χ1) is 13.5. The Morgan fingerprint density at radius 1 is 1.25 bits per heavy atom. The molecule has 0 unspecified atom stereocenters. The van der Waals surface area contributed by atoms with E-state index in [1.54, 1.807) is 12.1 Å². The molecule has 8 heteroatoms.